The molecule has 0 heterocycles. The smallest absolute Gasteiger partial charge is 0.207 e. The summed E-state index contributed by atoms with van der Waals surface area (Å²) in [6.45, 7) is 17.9. The lowest BCUT2D eigenvalue weighted by molar-refractivity contribution is -0.597. The first-order valence-electron chi connectivity index (χ1n) is 21.1. The summed E-state index contributed by atoms with van der Waals surface area (Å²) < 4.78 is 36.5. The van der Waals surface area contributed by atoms with Crippen LogP contribution in [0, 0.1) is 54.0 Å². The van der Waals surface area contributed by atoms with Crippen LogP contribution in [-0.2, 0) is 10.8 Å². The Kier molecular flexibility index (Phi) is 21.0. The molecule has 0 radical (unpaired) electrons. The van der Waals surface area contributed by atoms with E-state index in [4.69, 9.17) is 0 Å². The third-order valence-corrected chi connectivity index (χ3v) is 20.1. The molecule has 0 fully saturated rings. The molecule has 64 heavy (non-hydrogen) atoms. The molecular formula is C58H58F2I4+4. The molecule has 0 aliphatic rings. The molecule has 0 N–H and O–H groups in total. The van der Waals surface area contributed by atoms with Crippen LogP contribution in [0.5, 0.6) is 0 Å². The number of halogens is 6. The Hall–Kier alpha value is -3.46. The second kappa shape index (κ2) is 26.0. The van der Waals surface area contributed by atoms with Crippen LogP contribution in [0.3, 0.4) is 0 Å². The van der Waals surface area contributed by atoms with Gasteiger partial charge in [-0.15, -0.1) is 0 Å². The van der Waals surface area contributed by atoms with Crippen LogP contribution in [0.15, 0.2) is 206 Å². The van der Waals surface area contributed by atoms with Crippen LogP contribution < -0.4 is 84.8 Å². The second-order valence-corrected chi connectivity index (χ2v) is 29.1. The van der Waals surface area contributed by atoms with E-state index < -0.39 is 0 Å². The van der Waals surface area contributed by atoms with Gasteiger partial charge in [0.2, 0.25) is 0 Å². The molecule has 8 aromatic rings. The number of hydrogen-bond donors (Lipinski definition) is 0. The summed E-state index contributed by atoms with van der Waals surface area (Å²) in [5.41, 5.74) is 5.99. The van der Waals surface area contributed by atoms with Crippen molar-refractivity contribution < 1.29 is 93.6 Å². The Bertz CT molecular complexity index is 2260. The molecule has 328 valence electrons. The molecular weight excluding hydrogens is 1240 g/mol. The van der Waals surface area contributed by atoms with E-state index in [9.17, 15) is 8.78 Å². The molecule has 8 rings (SSSR count). The Balaban J connectivity index is 0.000000163. The predicted molar refractivity (Wildman–Crippen MR) is 248 cm³/mol. The zero-order chi connectivity index (χ0) is 46.0. The van der Waals surface area contributed by atoms with Crippen molar-refractivity contribution in [3.8, 4) is 0 Å². The molecule has 0 bridgehead atoms. The summed E-state index contributed by atoms with van der Waals surface area (Å²) >= 11 is -0.369. The average Bonchev–Trinajstić information content (AvgIpc) is 3.28. The number of aryl methyl sites for hydroxylation is 2. The van der Waals surface area contributed by atoms with Gasteiger partial charge >= 0.3 is 84.8 Å². The molecule has 0 amide bonds. The summed E-state index contributed by atoms with van der Waals surface area (Å²) in [4.78, 5) is 0. The fraction of sp³-hybridized carbons (Fsp3) is 0.172. The minimum Gasteiger partial charge on any atom is -0.207 e. The average molecular weight is 1300 g/mol. The number of rotatable bonds is 8. The highest BCUT2D eigenvalue weighted by atomic mass is 127. The van der Waals surface area contributed by atoms with Gasteiger partial charge in [0, 0.05) is 0 Å². The fourth-order valence-electron chi connectivity index (χ4n) is 5.66. The minimum absolute atomic E-state index is 0.00313. The van der Waals surface area contributed by atoms with Crippen molar-refractivity contribution in [1.29, 1.82) is 0 Å². The first-order chi connectivity index (χ1) is 30.6. The van der Waals surface area contributed by atoms with Gasteiger partial charge < -0.3 is 0 Å². The van der Waals surface area contributed by atoms with E-state index in [2.05, 4.69) is 213 Å². The van der Waals surface area contributed by atoms with Crippen LogP contribution in [0.1, 0.15) is 63.8 Å². The summed E-state index contributed by atoms with van der Waals surface area (Å²) in [7, 11) is 0. The van der Waals surface area contributed by atoms with E-state index in [0.717, 1.165) is 7.14 Å². The monoisotopic (exact) mass is 1300 g/mol. The van der Waals surface area contributed by atoms with Gasteiger partial charge in [-0.25, -0.2) is 8.78 Å². The molecule has 0 nitrogen and oxygen atoms in total. The second-order valence-electron chi connectivity index (χ2n) is 16.9. The van der Waals surface area contributed by atoms with Gasteiger partial charge in [0.1, 0.15) is 11.6 Å². The highest BCUT2D eigenvalue weighted by molar-refractivity contribution is 5.24. The zero-order valence-corrected chi connectivity index (χ0v) is 46.5. The van der Waals surface area contributed by atoms with Crippen LogP contribution in [0.25, 0.3) is 0 Å². The molecule has 0 aliphatic carbocycles. The lowest BCUT2D eigenvalue weighted by atomic mass is 9.87. The molecule has 0 saturated carbocycles. The quantitative estimate of drug-likeness (QED) is 0.206. The van der Waals surface area contributed by atoms with Gasteiger partial charge in [-0.05, 0) is 157 Å². The van der Waals surface area contributed by atoms with Gasteiger partial charge in [0.05, 0.1) is 0 Å². The SMILES string of the molecule is CC(C)(C)c1ccc([I+]c2ccc(C(C)(C)C)cc2)cc1.Cc1ccc([I+]c2ccc(C)cc2)cc1.Fc1ccc([I+]c2ccc(F)cc2)cc1.c1ccc([I+]c2ccccc2)cc1. The van der Waals surface area contributed by atoms with Crippen molar-refractivity contribution >= 4 is 0 Å². The van der Waals surface area contributed by atoms with Crippen LogP contribution in [-0.4, -0.2) is 0 Å². The summed E-state index contributed by atoms with van der Waals surface area (Å²) in [5.74, 6) is -0.441. The number of benzene rings is 8. The lowest BCUT2D eigenvalue weighted by Gasteiger charge is -2.18. The Morgan fingerprint density at radius 2 is 0.469 bits per heavy atom. The van der Waals surface area contributed by atoms with Crippen molar-refractivity contribution in [2.24, 2.45) is 0 Å². The molecule has 6 heteroatoms. The molecule has 8 aromatic carbocycles. The van der Waals surface area contributed by atoms with E-state index in [-0.39, 0.29) is 107 Å². The molecule has 0 aliphatic heterocycles. The maximum atomic E-state index is 12.6. The number of hydrogen-bond acceptors (Lipinski definition) is 0. The van der Waals surface area contributed by atoms with Crippen molar-refractivity contribution in [3.63, 3.8) is 0 Å². The van der Waals surface area contributed by atoms with Crippen LogP contribution >= 0.6 is 0 Å². The van der Waals surface area contributed by atoms with Crippen molar-refractivity contribution in [3.05, 3.63) is 269 Å². The fourth-order valence-corrected chi connectivity index (χ4v) is 14.4. The van der Waals surface area contributed by atoms with Gasteiger partial charge in [0.15, 0.2) is 28.6 Å². The molecule has 0 atom stereocenters. The maximum Gasteiger partial charge on any atom is 0.357 e. The Morgan fingerprint density at radius 1 is 0.266 bits per heavy atom. The first-order valence-corrected chi connectivity index (χ1v) is 29.8. The third kappa shape index (κ3) is 19.2. The van der Waals surface area contributed by atoms with Gasteiger partial charge in [0.25, 0.3) is 0 Å². The molecule has 0 unspecified atom stereocenters. The van der Waals surface area contributed by atoms with Gasteiger partial charge in [-0.1, -0.05) is 138 Å². The normalized spacial score (nSPS) is 10.9. The Labute approximate surface area is 423 Å². The molecule has 0 spiro atoms. The summed E-state index contributed by atoms with van der Waals surface area (Å²) in [5, 5.41) is 0. The van der Waals surface area contributed by atoms with Crippen LogP contribution in [0.4, 0.5) is 8.78 Å². The topological polar surface area (TPSA) is 0 Å². The highest BCUT2D eigenvalue weighted by Gasteiger charge is 2.21. The van der Waals surface area contributed by atoms with Crippen LogP contribution in [0.2, 0.25) is 0 Å². The first kappa shape index (κ1) is 51.5. The summed E-state index contributed by atoms with van der Waals surface area (Å²) in [6, 6.07) is 70.6. The lowest BCUT2D eigenvalue weighted by Crippen LogP contribution is -3.61. The largest absolute Gasteiger partial charge is 0.357 e. The molecule has 0 aromatic heterocycles. The maximum absolute atomic E-state index is 12.6. The van der Waals surface area contributed by atoms with E-state index in [1.54, 1.807) is 24.3 Å². The highest BCUT2D eigenvalue weighted by Crippen LogP contribution is 2.22. The van der Waals surface area contributed by atoms with E-state index >= 15 is 0 Å². The van der Waals surface area contributed by atoms with E-state index in [1.807, 2.05) is 0 Å². The van der Waals surface area contributed by atoms with E-state index in [0.29, 0.717) is 0 Å². The van der Waals surface area contributed by atoms with Crippen molar-refractivity contribution in [2.75, 3.05) is 0 Å². The minimum atomic E-state index is -0.330. The third-order valence-electron chi connectivity index (χ3n) is 9.39. The standard InChI is InChI=1S/C20H26I.C14H14I.C12H8F2I.C12H10I/c1-19(2,3)15-7-11-17(12-8-15)21-18-13-9-16(10-14-18)20(4,5)6;1-11-3-7-13(8-4-11)15-14-9-5-12(2)6-10-14;13-9-1-5-11(6-2-9)15-12-7-3-10(14)4-8-12;1-3-7-11(8-4-1)13-12-9-5-2-6-10-12/h7-14H,1-6H3;3-10H,1-2H3;1-8H;1-10H/q4*+1. The summed E-state index contributed by atoms with van der Waals surface area (Å²) in [6.07, 6.45) is 0. The predicted octanol–water partition coefficient (Wildman–Crippen LogP) is 2.75. The zero-order valence-electron chi connectivity index (χ0n) is 37.9. The Morgan fingerprint density at radius 3 is 0.703 bits per heavy atom. The molecule has 0 saturated heterocycles. The van der Waals surface area contributed by atoms with Gasteiger partial charge in [-0.3, -0.25) is 0 Å². The van der Waals surface area contributed by atoms with Crippen molar-refractivity contribution in [1.82, 2.24) is 0 Å². The van der Waals surface area contributed by atoms with E-state index in [1.165, 1.54) is 67.9 Å². The van der Waals surface area contributed by atoms with Crippen molar-refractivity contribution in [2.45, 2.75) is 66.2 Å². The van der Waals surface area contributed by atoms with Gasteiger partial charge in [-0.2, -0.15) is 0 Å².